The molecule has 1 fully saturated rings. The van der Waals surface area contributed by atoms with Crippen LogP contribution >= 0.6 is 7.80 Å². The summed E-state index contributed by atoms with van der Waals surface area (Å²) in [4.78, 5) is 0. The molecule has 0 aromatic heterocycles. The van der Waals surface area contributed by atoms with E-state index in [1.807, 2.05) is 6.66 Å². The van der Waals surface area contributed by atoms with Crippen molar-refractivity contribution in [1.29, 1.82) is 0 Å². The van der Waals surface area contributed by atoms with Gasteiger partial charge in [-0.05, 0) is 26.7 Å². The van der Waals surface area contributed by atoms with Gasteiger partial charge < -0.3 is 9.47 Å². The lowest BCUT2D eigenvalue weighted by atomic mass is 9.80. The van der Waals surface area contributed by atoms with Gasteiger partial charge in [-0.2, -0.15) is 0 Å². The van der Waals surface area contributed by atoms with Crippen molar-refractivity contribution in [3.63, 3.8) is 0 Å². The average molecular weight is 247 g/mol. The fraction of sp³-hybridized carbons (Fsp3) is 1.00. The topological polar surface area (TPSA) is 35.5 Å². The highest BCUT2D eigenvalue weighted by molar-refractivity contribution is 7.45. The van der Waals surface area contributed by atoms with Gasteiger partial charge in [0.2, 0.25) is 0 Å². The Labute approximate surface area is 99.7 Å². The van der Waals surface area contributed by atoms with Crippen molar-refractivity contribution in [2.24, 2.45) is 11.8 Å². The van der Waals surface area contributed by atoms with Crippen LogP contribution in [0.1, 0.15) is 27.7 Å². The van der Waals surface area contributed by atoms with Crippen molar-refractivity contribution < 1.29 is 14.0 Å². The van der Waals surface area contributed by atoms with Crippen molar-refractivity contribution >= 4 is 7.80 Å². The second-order valence-electron chi connectivity index (χ2n) is 5.37. The maximum atomic E-state index is 11.9. The third-order valence-electron chi connectivity index (χ3n) is 4.06. The fourth-order valence-corrected chi connectivity index (χ4v) is 3.55. The quantitative estimate of drug-likeness (QED) is 0.716. The van der Waals surface area contributed by atoms with Gasteiger partial charge in [0.05, 0.1) is 18.8 Å². The standard InChI is InChI=1S/C12H24O3P/c1-8-9(2)15-10(7-14-5)11(8)12(3,4)16(6)13/h8-11H,7H2,1-6H3/q+1. The molecule has 0 amide bonds. The van der Waals surface area contributed by atoms with Gasteiger partial charge >= 0.3 is 7.80 Å². The van der Waals surface area contributed by atoms with E-state index in [2.05, 4.69) is 27.7 Å². The Balaban J connectivity index is 2.93. The van der Waals surface area contributed by atoms with Gasteiger partial charge in [-0.3, -0.25) is 0 Å². The van der Waals surface area contributed by atoms with Crippen LogP contribution in [-0.2, 0) is 14.0 Å². The fourth-order valence-electron chi connectivity index (χ4n) is 2.73. The molecule has 0 saturated carbocycles. The van der Waals surface area contributed by atoms with Crippen molar-refractivity contribution in [3.05, 3.63) is 0 Å². The predicted octanol–water partition coefficient (Wildman–Crippen LogP) is 2.91. The predicted molar refractivity (Wildman–Crippen MR) is 66.5 cm³/mol. The Hall–Kier alpha value is 0.0200. The highest BCUT2D eigenvalue weighted by Gasteiger charge is 2.55. The Morgan fingerprint density at radius 2 is 1.94 bits per heavy atom. The first-order chi connectivity index (χ1) is 7.32. The molecule has 5 atom stereocenters. The summed E-state index contributed by atoms with van der Waals surface area (Å²) in [6.07, 6.45) is 0.295. The van der Waals surface area contributed by atoms with Crippen LogP contribution in [0.4, 0.5) is 0 Å². The lowest BCUT2D eigenvalue weighted by Crippen LogP contribution is -2.39. The van der Waals surface area contributed by atoms with Gasteiger partial charge in [0.15, 0.2) is 5.16 Å². The summed E-state index contributed by atoms with van der Waals surface area (Å²) in [6.45, 7) is 10.8. The second kappa shape index (κ2) is 5.12. The van der Waals surface area contributed by atoms with E-state index in [9.17, 15) is 4.57 Å². The number of methoxy groups -OCH3 is 1. The minimum Gasteiger partial charge on any atom is -0.382 e. The molecule has 0 N–H and O–H groups in total. The number of ether oxygens (including phenoxy) is 2. The van der Waals surface area contributed by atoms with Gasteiger partial charge in [0.25, 0.3) is 0 Å². The molecule has 0 spiro atoms. The number of hydrogen-bond acceptors (Lipinski definition) is 3. The Morgan fingerprint density at radius 1 is 1.38 bits per heavy atom. The van der Waals surface area contributed by atoms with E-state index in [4.69, 9.17) is 9.47 Å². The van der Waals surface area contributed by atoms with Crippen LogP contribution in [0.25, 0.3) is 0 Å². The van der Waals surface area contributed by atoms with E-state index in [0.717, 1.165) is 0 Å². The SMILES string of the molecule is COCC1OC(C)C(C)C1C(C)(C)[P+](C)=O. The minimum absolute atomic E-state index is 0.0731. The average Bonchev–Trinajstić information content (AvgIpc) is 2.43. The summed E-state index contributed by atoms with van der Waals surface area (Å²) in [7, 11) is 0.464. The molecule has 94 valence electrons. The summed E-state index contributed by atoms with van der Waals surface area (Å²) in [5.74, 6) is 0.727. The Kier molecular flexibility index (Phi) is 4.50. The van der Waals surface area contributed by atoms with Gasteiger partial charge in [-0.1, -0.05) is 11.5 Å². The second-order valence-corrected chi connectivity index (χ2v) is 7.52. The normalized spacial score (nSPS) is 36.5. The van der Waals surface area contributed by atoms with Crippen LogP contribution in [0, 0.1) is 11.8 Å². The van der Waals surface area contributed by atoms with Crippen molar-refractivity contribution in [2.45, 2.75) is 45.1 Å². The zero-order valence-electron chi connectivity index (χ0n) is 11.2. The molecule has 1 aliphatic rings. The summed E-state index contributed by atoms with van der Waals surface area (Å²) in [6, 6.07) is 0. The molecule has 1 aliphatic heterocycles. The molecule has 0 aromatic carbocycles. The van der Waals surface area contributed by atoms with Crippen molar-refractivity contribution in [1.82, 2.24) is 0 Å². The summed E-state index contributed by atoms with van der Waals surface area (Å²) in [5.41, 5.74) is 0. The first kappa shape index (κ1) is 14.1. The smallest absolute Gasteiger partial charge is 0.341 e. The monoisotopic (exact) mass is 247 g/mol. The zero-order valence-corrected chi connectivity index (χ0v) is 12.1. The molecule has 0 aliphatic carbocycles. The highest BCUT2D eigenvalue weighted by Crippen LogP contribution is 2.50. The highest BCUT2D eigenvalue weighted by atomic mass is 31.1. The third-order valence-corrected chi connectivity index (χ3v) is 5.98. The van der Waals surface area contributed by atoms with Crippen LogP contribution < -0.4 is 0 Å². The molecule has 4 heteroatoms. The van der Waals surface area contributed by atoms with Crippen LogP contribution in [0.15, 0.2) is 0 Å². The molecule has 0 bridgehead atoms. The Bertz CT molecular complexity index is 265. The minimum atomic E-state index is -1.22. The molecular weight excluding hydrogens is 223 g/mol. The molecule has 3 nitrogen and oxygen atoms in total. The first-order valence-corrected chi connectivity index (χ1v) is 7.58. The zero-order chi connectivity index (χ0) is 12.5. The van der Waals surface area contributed by atoms with Crippen LogP contribution in [0.5, 0.6) is 0 Å². The molecule has 16 heavy (non-hydrogen) atoms. The lowest BCUT2D eigenvalue weighted by molar-refractivity contribution is -0.0119. The van der Waals surface area contributed by atoms with Gasteiger partial charge in [-0.25, -0.2) is 0 Å². The van der Waals surface area contributed by atoms with Crippen LogP contribution in [0.2, 0.25) is 0 Å². The number of hydrogen-bond donors (Lipinski definition) is 0. The third kappa shape index (κ3) is 2.47. The van der Waals surface area contributed by atoms with E-state index in [1.165, 1.54) is 0 Å². The lowest BCUT2D eigenvalue weighted by Gasteiger charge is -2.28. The summed E-state index contributed by atoms with van der Waals surface area (Å²) < 4.78 is 23.0. The first-order valence-electron chi connectivity index (χ1n) is 5.87. The molecule has 1 saturated heterocycles. The molecule has 0 radical (unpaired) electrons. The molecule has 5 unspecified atom stereocenters. The molecule has 1 rings (SSSR count). The van der Waals surface area contributed by atoms with E-state index in [1.54, 1.807) is 7.11 Å². The van der Waals surface area contributed by atoms with Crippen LogP contribution in [-0.4, -0.2) is 37.7 Å². The van der Waals surface area contributed by atoms with E-state index >= 15 is 0 Å². The maximum absolute atomic E-state index is 11.9. The van der Waals surface area contributed by atoms with Gasteiger partial charge in [0, 0.05) is 13.0 Å². The Morgan fingerprint density at radius 3 is 2.38 bits per heavy atom. The number of rotatable bonds is 4. The van der Waals surface area contributed by atoms with Crippen molar-refractivity contribution in [2.75, 3.05) is 20.4 Å². The van der Waals surface area contributed by atoms with E-state index < -0.39 is 7.80 Å². The molecular formula is C12H24O3P+. The van der Waals surface area contributed by atoms with Crippen molar-refractivity contribution in [3.8, 4) is 0 Å². The summed E-state index contributed by atoms with van der Waals surface area (Å²) >= 11 is 0. The van der Waals surface area contributed by atoms with Gasteiger partial charge in [0.1, 0.15) is 6.66 Å². The summed E-state index contributed by atoms with van der Waals surface area (Å²) in [5, 5.41) is -0.192. The maximum Gasteiger partial charge on any atom is 0.341 e. The molecule has 1 heterocycles. The van der Waals surface area contributed by atoms with E-state index in [-0.39, 0.29) is 17.4 Å². The van der Waals surface area contributed by atoms with Crippen LogP contribution in [0.3, 0.4) is 0 Å². The largest absolute Gasteiger partial charge is 0.382 e. The van der Waals surface area contributed by atoms with Gasteiger partial charge in [-0.15, -0.1) is 0 Å². The molecule has 0 aromatic rings. The van der Waals surface area contributed by atoms with E-state index in [0.29, 0.717) is 18.4 Å².